The van der Waals surface area contributed by atoms with Gasteiger partial charge in [-0.25, -0.2) is 0 Å². The Hall–Kier alpha value is -2.00. The number of rotatable bonds is 6. The smallest absolute Gasteiger partial charge is 0.223 e. The highest BCUT2D eigenvalue weighted by molar-refractivity contribution is 5.77. The van der Waals surface area contributed by atoms with Gasteiger partial charge in [0, 0.05) is 32.2 Å². The molecule has 0 aromatic carbocycles. The number of β-amino-alcohol motifs (C(OH)–C–C–N with tert-alkyl or cyclic N) is 2. The fourth-order valence-electron chi connectivity index (χ4n) is 2.49. The van der Waals surface area contributed by atoms with Crippen LogP contribution < -0.4 is 5.32 Å². The first-order valence-corrected chi connectivity index (χ1v) is 7.96. The molecule has 1 fully saturated rings. The van der Waals surface area contributed by atoms with Crippen LogP contribution in [0.15, 0.2) is 4.42 Å². The number of nitrogens with zero attached hydrogens (tertiary/aromatic N) is 3. The van der Waals surface area contributed by atoms with Gasteiger partial charge in [-0.2, -0.15) is 0 Å². The zero-order valence-corrected chi connectivity index (χ0v) is 14.2. The molecule has 1 aliphatic heterocycles. The van der Waals surface area contributed by atoms with Crippen molar-refractivity contribution >= 4 is 11.8 Å². The molecule has 0 bridgehead atoms. The van der Waals surface area contributed by atoms with Crippen molar-refractivity contribution in [3.8, 4) is 0 Å². The van der Waals surface area contributed by atoms with Gasteiger partial charge in [-0.15, -0.1) is 10.2 Å². The van der Waals surface area contributed by atoms with E-state index >= 15 is 0 Å². The molecule has 0 radical (unpaired) electrons. The van der Waals surface area contributed by atoms with E-state index in [0.717, 1.165) is 0 Å². The number of aromatic nitrogens is 2. The van der Waals surface area contributed by atoms with Gasteiger partial charge in [0.05, 0.1) is 13.1 Å². The molecule has 134 valence electrons. The van der Waals surface area contributed by atoms with Crippen molar-refractivity contribution in [2.75, 3.05) is 19.6 Å². The normalized spacial score (nSPS) is 23.8. The Morgan fingerprint density at radius 1 is 1.46 bits per heavy atom. The second-order valence-corrected chi connectivity index (χ2v) is 6.49. The van der Waals surface area contributed by atoms with E-state index in [2.05, 4.69) is 15.5 Å². The molecule has 9 nitrogen and oxygen atoms in total. The van der Waals surface area contributed by atoms with Crippen molar-refractivity contribution in [1.29, 1.82) is 0 Å². The van der Waals surface area contributed by atoms with Gasteiger partial charge in [-0.3, -0.25) is 9.59 Å². The standard InChI is InChI=1S/C15H24N4O5/c1-9(2)14-18-17-12(24-14)4-5-13(22)19-6-11(21)15(23,8-19)7-16-10(3)20/h9,11,21,23H,4-8H2,1-3H3,(H,16,20)/t11-,15+/m1/s1. The number of carbonyl (C=O) groups excluding carboxylic acids is 2. The second kappa shape index (κ2) is 7.27. The first-order valence-electron chi connectivity index (χ1n) is 7.96. The first-order chi connectivity index (χ1) is 11.2. The average Bonchev–Trinajstić information content (AvgIpc) is 3.09. The van der Waals surface area contributed by atoms with Crippen LogP contribution >= 0.6 is 0 Å². The summed E-state index contributed by atoms with van der Waals surface area (Å²) >= 11 is 0. The molecule has 1 saturated heterocycles. The maximum atomic E-state index is 12.3. The van der Waals surface area contributed by atoms with Crippen molar-refractivity contribution in [3.05, 3.63) is 11.8 Å². The predicted octanol–water partition coefficient (Wildman–Crippen LogP) is -0.804. The molecule has 2 amide bonds. The summed E-state index contributed by atoms with van der Waals surface area (Å²) in [4.78, 5) is 24.6. The van der Waals surface area contributed by atoms with Crippen LogP contribution in [0.25, 0.3) is 0 Å². The van der Waals surface area contributed by atoms with E-state index in [-0.39, 0.29) is 43.8 Å². The highest BCUT2D eigenvalue weighted by Crippen LogP contribution is 2.22. The van der Waals surface area contributed by atoms with Crippen LogP contribution in [0.2, 0.25) is 0 Å². The van der Waals surface area contributed by atoms with Crippen molar-refractivity contribution in [2.24, 2.45) is 0 Å². The molecule has 0 unspecified atom stereocenters. The minimum absolute atomic E-state index is 0.0238. The van der Waals surface area contributed by atoms with Crippen LogP contribution in [-0.2, 0) is 16.0 Å². The molecule has 2 atom stereocenters. The van der Waals surface area contributed by atoms with Crippen molar-refractivity contribution in [2.45, 2.75) is 51.2 Å². The summed E-state index contributed by atoms with van der Waals surface area (Å²) in [6.07, 6.45) is -0.665. The molecule has 1 aromatic heterocycles. The van der Waals surface area contributed by atoms with Crippen molar-refractivity contribution in [3.63, 3.8) is 0 Å². The highest BCUT2D eigenvalue weighted by Gasteiger charge is 2.45. The van der Waals surface area contributed by atoms with E-state index in [0.29, 0.717) is 18.2 Å². The molecule has 0 spiro atoms. The lowest BCUT2D eigenvalue weighted by Crippen LogP contribution is -2.51. The van der Waals surface area contributed by atoms with Gasteiger partial charge in [0.1, 0.15) is 11.7 Å². The lowest BCUT2D eigenvalue weighted by Gasteiger charge is -2.25. The van der Waals surface area contributed by atoms with Gasteiger partial charge in [0.2, 0.25) is 23.6 Å². The SMILES string of the molecule is CC(=O)NC[C@]1(O)CN(C(=O)CCc2nnc(C(C)C)o2)C[C@H]1O. The first kappa shape index (κ1) is 18.3. The maximum absolute atomic E-state index is 12.3. The molecular formula is C15H24N4O5. The molecule has 24 heavy (non-hydrogen) atoms. The summed E-state index contributed by atoms with van der Waals surface area (Å²) in [6.45, 7) is 5.08. The summed E-state index contributed by atoms with van der Waals surface area (Å²) < 4.78 is 5.45. The van der Waals surface area contributed by atoms with Crippen LogP contribution in [0.5, 0.6) is 0 Å². The number of aliphatic hydroxyl groups excluding tert-OH is 1. The number of likely N-dealkylation sites (tertiary alicyclic amines) is 1. The summed E-state index contributed by atoms with van der Waals surface area (Å²) in [6, 6.07) is 0. The Labute approximate surface area is 140 Å². The lowest BCUT2D eigenvalue weighted by molar-refractivity contribution is -0.131. The highest BCUT2D eigenvalue weighted by atomic mass is 16.4. The summed E-state index contributed by atoms with van der Waals surface area (Å²) in [7, 11) is 0. The number of hydrogen-bond acceptors (Lipinski definition) is 7. The van der Waals surface area contributed by atoms with Crippen molar-refractivity contribution in [1.82, 2.24) is 20.4 Å². The minimum Gasteiger partial charge on any atom is -0.425 e. The van der Waals surface area contributed by atoms with Crippen LogP contribution in [0.3, 0.4) is 0 Å². The van der Waals surface area contributed by atoms with Crippen LogP contribution in [0.4, 0.5) is 0 Å². The number of aryl methyl sites for hydroxylation is 1. The number of nitrogens with one attached hydrogen (secondary N) is 1. The minimum atomic E-state index is -1.53. The summed E-state index contributed by atoms with van der Waals surface area (Å²) in [5.74, 6) is 0.508. The molecule has 9 heteroatoms. The summed E-state index contributed by atoms with van der Waals surface area (Å²) in [5, 5.41) is 30.6. The van der Waals surface area contributed by atoms with Crippen LogP contribution in [-0.4, -0.2) is 68.5 Å². The van der Waals surface area contributed by atoms with Crippen LogP contribution in [0, 0.1) is 0 Å². The van der Waals surface area contributed by atoms with Crippen molar-refractivity contribution < 1.29 is 24.2 Å². The zero-order valence-electron chi connectivity index (χ0n) is 14.2. The van der Waals surface area contributed by atoms with Gasteiger partial charge in [-0.1, -0.05) is 13.8 Å². The fraction of sp³-hybridized carbons (Fsp3) is 0.733. The molecule has 1 aliphatic rings. The third-order valence-corrected chi connectivity index (χ3v) is 4.00. The zero-order chi connectivity index (χ0) is 17.9. The maximum Gasteiger partial charge on any atom is 0.223 e. The van der Waals surface area contributed by atoms with Gasteiger partial charge < -0.3 is 24.8 Å². The topological polar surface area (TPSA) is 129 Å². The van der Waals surface area contributed by atoms with Gasteiger partial charge in [0.25, 0.3) is 0 Å². The molecule has 0 saturated carbocycles. The number of carbonyl (C=O) groups is 2. The van der Waals surface area contributed by atoms with Gasteiger partial charge in [0.15, 0.2) is 0 Å². The molecule has 2 rings (SSSR count). The van der Waals surface area contributed by atoms with E-state index in [4.69, 9.17) is 4.42 Å². The van der Waals surface area contributed by atoms with E-state index in [9.17, 15) is 19.8 Å². The average molecular weight is 340 g/mol. The van der Waals surface area contributed by atoms with Gasteiger partial charge in [-0.05, 0) is 0 Å². The Balaban J connectivity index is 1.87. The summed E-state index contributed by atoms with van der Waals surface area (Å²) in [5.41, 5.74) is -1.53. The Morgan fingerprint density at radius 2 is 2.17 bits per heavy atom. The fourth-order valence-corrected chi connectivity index (χ4v) is 2.49. The largest absolute Gasteiger partial charge is 0.425 e. The van der Waals surface area contributed by atoms with Crippen LogP contribution in [0.1, 0.15) is 44.9 Å². The number of amides is 2. The third-order valence-electron chi connectivity index (χ3n) is 4.00. The Bertz CT molecular complexity index is 602. The quantitative estimate of drug-likeness (QED) is 0.618. The van der Waals surface area contributed by atoms with Gasteiger partial charge >= 0.3 is 0 Å². The number of aliphatic hydroxyl groups is 2. The van der Waals surface area contributed by atoms with E-state index in [1.54, 1.807) is 0 Å². The predicted molar refractivity (Wildman–Crippen MR) is 82.9 cm³/mol. The lowest BCUT2D eigenvalue weighted by atomic mass is 10.0. The monoisotopic (exact) mass is 340 g/mol. The molecule has 1 aromatic rings. The molecule has 0 aliphatic carbocycles. The number of hydrogen-bond donors (Lipinski definition) is 3. The molecule has 3 N–H and O–H groups in total. The van der Waals surface area contributed by atoms with E-state index < -0.39 is 11.7 Å². The van der Waals surface area contributed by atoms with E-state index in [1.165, 1.54) is 11.8 Å². The second-order valence-electron chi connectivity index (χ2n) is 6.49. The molecule has 2 heterocycles. The Morgan fingerprint density at radius 3 is 2.75 bits per heavy atom. The molecular weight excluding hydrogens is 316 g/mol. The third kappa shape index (κ3) is 4.30. The van der Waals surface area contributed by atoms with E-state index in [1.807, 2.05) is 13.8 Å². The Kier molecular flexibility index (Phi) is 5.55.